The molecule has 31 heavy (non-hydrogen) atoms. The van der Waals surface area contributed by atoms with E-state index in [2.05, 4.69) is 30.6 Å². The van der Waals surface area contributed by atoms with Gasteiger partial charge in [-0.25, -0.2) is 19.3 Å². The van der Waals surface area contributed by atoms with Crippen molar-refractivity contribution < 1.29 is 13.9 Å². The molecule has 1 aromatic carbocycles. The Balaban J connectivity index is 1.40. The number of aromatic nitrogens is 4. The van der Waals surface area contributed by atoms with Gasteiger partial charge >= 0.3 is 0 Å². The Morgan fingerprint density at radius 3 is 2.65 bits per heavy atom. The summed E-state index contributed by atoms with van der Waals surface area (Å²) in [6.45, 7) is 2.75. The first-order valence-corrected chi connectivity index (χ1v) is 9.93. The van der Waals surface area contributed by atoms with Crippen molar-refractivity contribution >= 4 is 29.2 Å². The van der Waals surface area contributed by atoms with Crippen molar-refractivity contribution in [2.75, 3.05) is 28.6 Å². The highest BCUT2D eigenvalue weighted by Crippen LogP contribution is 2.25. The third-order valence-electron chi connectivity index (χ3n) is 4.77. The number of halogens is 1. The predicted octanol–water partition coefficient (Wildman–Crippen LogP) is 3.16. The molecule has 4 rings (SSSR count). The van der Waals surface area contributed by atoms with Gasteiger partial charge in [-0.15, -0.1) is 0 Å². The Labute approximate surface area is 178 Å². The van der Waals surface area contributed by atoms with E-state index in [1.807, 2.05) is 23.1 Å². The Morgan fingerprint density at radius 1 is 1.10 bits per heavy atom. The molecule has 0 saturated carbocycles. The van der Waals surface area contributed by atoms with Crippen LogP contribution in [0.1, 0.15) is 19.8 Å². The number of hydrogen-bond acceptors (Lipinski definition) is 8. The first-order chi connectivity index (χ1) is 15.1. The maximum absolute atomic E-state index is 14.6. The minimum Gasteiger partial charge on any atom is -0.474 e. The average molecular weight is 423 g/mol. The van der Waals surface area contributed by atoms with Gasteiger partial charge in [0.2, 0.25) is 23.7 Å². The maximum atomic E-state index is 14.6. The fraction of sp³-hybridized carbons (Fsp3) is 0.286. The molecule has 0 spiro atoms. The fourth-order valence-corrected chi connectivity index (χ4v) is 3.30. The summed E-state index contributed by atoms with van der Waals surface area (Å²) in [5.41, 5.74) is 0.243. The van der Waals surface area contributed by atoms with Gasteiger partial charge in [-0.3, -0.25) is 4.79 Å². The number of carbonyl (C=O) groups is 1. The van der Waals surface area contributed by atoms with E-state index < -0.39 is 5.82 Å². The van der Waals surface area contributed by atoms with Gasteiger partial charge in [0.15, 0.2) is 5.82 Å². The SMILES string of the molecule is CC(=O)Nc1cccc(Nc2ncnc(N3CCC(Oc4ccccn4)CC3)n2)c1F. The zero-order valence-electron chi connectivity index (χ0n) is 17.0. The van der Waals surface area contributed by atoms with Crippen molar-refractivity contribution in [3.8, 4) is 5.88 Å². The number of hydrogen-bond donors (Lipinski definition) is 2. The lowest BCUT2D eigenvalue weighted by Crippen LogP contribution is -2.39. The molecule has 3 heterocycles. The second-order valence-corrected chi connectivity index (χ2v) is 7.05. The first-order valence-electron chi connectivity index (χ1n) is 9.93. The minimum atomic E-state index is -0.591. The molecule has 1 amide bonds. The molecule has 1 aliphatic heterocycles. The third-order valence-corrected chi connectivity index (χ3v) is 4.77. The van der Waals surface area contributed by atoms with Crippen molar-refractivity contribution in [2.45, 2.75) is 25.9 Å². The number of carbonyl (C=O) groups excluding carboxylic acids is 1. The van der Waals surface area contributed by atoms with Crippen molar-refractivity contribution in [3.63, 3.8) is 0 Å². The van der Waals surface area contributed by atoms with Crippen molar-refractivity contribution in [3.05, 3.63) is 54.7 Å². The quantitative estimate of drug-likeness (QED) is 0.623. The summed E-state index contributed by atoms with van der Waals surface area (Å²) in [6, 6.07) is 10.2. The number of pyridine rings is 1. The van der Waals surface area contributed by atoms with Crippen LogP contribution in [0.5, 0.6) is 5.88 Å². The number of anilines is 4. The number of ether oxygens (including phenoxy) is 1. The third kappa shape index (κ3) is 5.21. The highest BCUT2D eigenvalue weighted by atomic mass is 19.1. The van der Waals surface area contributed by atoms with Crippen LogP contribution in [-0.2, 0) is 4.79 Å². The van der Waals surface area contributed by atoms with E-state index in [4.69, 9.17) is 4.74 Å². The summed E-state index contributed by atoms with van der Waals surface area (Å²) in [5, 5.41) is 5.31. The monoisotopic (exact) mass is 423 g/mol. The van der Waals surface area contributed by atoms with Crippen LogP contribution in [0.2, 0.25) is 0 Å². The molecule has 1 saturated heterocycles. The molecule has 1 fully saturated rings. The maximum Gasteiger partial charge on any atom is 0.232 e. The number of amides is 1. The van der Waals surface area contributed by atoms with E-state index >= 15 is 0 Å². The molecule has 3 aromatic rings. The highest BCUT2D eigenvalue weighted by molar-refractivity contribution is 5.89. The molecule has 9 nitrogen and oxygen atoms in total. The van der Waals surface area contributed by atoms with Crippen molar-refractivity contribution in [1.82, 2.24) is 19.9 Å². The Kier molecular flexibility index (Phi) is 6.16. The number of benzene rings is 1. The van der Waals surface area contributed by atoms with E-state index in [-0.39, 0.29) is 29.3 Å². The number of nitrogens with zero attached hydrogens (tertiary/aromatic N) is 5. The molecule has 1 aliphatic rings. The van der Waals surface area contributed by atoms with Crippen LogP contribution in [0.15, 0.2) is 48.9 Å². The van der Waals surface area contributed by atoms with Gasteiger partial charge in [-0.1, -0.05) is 12.1 Å². The van der Waals surface area contributed by atoms with Gasteiger partial charge in [0.25, 0.3) is 0 Å². The predicted molar refractivity (Wildman–Crippen MR) is 114 cm³/mol. The average Bonchev–Trinajstić information content (AvgIpc) is 2.78. The molecular formula is C21H22FN7O2. The molecule has 0 aliphatic carbocycles. The van der Waals surface area contributed by atoms with Crippen LogP contribution in [0.4, 0.5) is 27.7 Å². The van der Waals surface area contributed by atoms with E-state index in [0.717, 1.165) is 12.8 Å². The molecule has 0 unspecified atom stereocenters. The van der Waals surface area contributed by atoms with Crippen LogP contribution in [0.25, 0.3) is 0 Å². The van der Waals surface area contributed by atoms with Gasteiger partial charge in [-0.2, -0.15) is 4.98 Å². The fourth-order valence-electron chi connectivity index (χ4n) is 3.30. The lowest BCUT2D eigenvalue weighted by atomic mass is 10.1. The minimum absolute atomic E-state index is 0.0798. The number of piperidine rings is 1. The van der Waals surface area contributed by atoms with Crippen LogP contribution in [-0.4, -0.2) is 45.0 Å². The summed E-state index contributed by atoms with van der Waals surface area (Å²) in [7, 11) is 0. The summed E-state index contributed by atoms with van der Waals surface area (Å²) in [6.07, 6.45) is 4.78. The second kappa shape index (κ2) is 9.33. The van der Waals surface area contributed by atoms with Crippen LogP contribution >= 0.6 is 0 Å². The summed E-state index contributed by atoms with van der Waals surface area (Å²) >= 11 is 0. The molecule has 0 bridgehead atoms. The van der Waals surface area contributed by atoms with E-state index in [9.17, 15) is 9.18 Å². The van der Waals surface area contributed by atoms with Crippen LogP contribution in [0, 0.1) is 5.82 Å². The Hall–Kier alpha value is -3.82. The first kappa shape index (κ1) is 20.5. The zero-order valence-corrected chi connectivity index (χ0v) is 17.0. The van der Waals surface area contributed by atoms with Crippen molar-refractivity contribution in [2.24, 2.45) is 0 Å². The zero-order chi connectivity index (χ0) is 21.6. The van der Waals surface area contributed by atoms with Gasteiger partial charge in [-0.05, 0) is 18.2 Å². The Bertz CT molecular complexity index is 1040. The number of nitrogens with one attached hydrogen (secondary N) is 2. The largest absolute Gasteiger partial charge is 0.474 e. The lowest BCUT2D eigenvalue weighted by molar-refractivity contribution is -0.114. The number of rotatable bonds is 6. The molecular weight excluding hydrogens is 401 g/mol. The van der Waals surface area contributed by atoms with Gasteiger partial charge < -0.3 is 20.3 Å². The topological polar surface area (TPSA) is 105 Å². The van der Waals surface area contributed by atoms with Gasteiger partial charge in [0.05, 0.1) is 11.4 Å². The Morgan fingerprint density at radius 2 is 1.90 bits per heavy atom. The lowest BCUT2D eigenvalue weighted by Gasteiger charge is -2.31. The second-order valence-electron chi connectivity index (χ2n) is 7.05. The summed E-state index contributed by atoms with van der Waals surface area (Å²) in [4.78, 5) is 30.2. The smallest absolute Gasteiger partial charge is 0.232 e. The normalized spacial score (nSPS) is 14.2. The van der Waals surface area contributed by atoms with Gasteiger partial charge in [0, 0.05) is 45.1 Å². The van der Waals surface area contributed by atoms with Crippen LogP contribution in [0.3, 0.4) is 0 Å². The molecule has 10 heteroatoms. The van der Waals surface area contributed by atoms with E-state index in [0.29, 0.717) is 24.9 Å². The molecule has 2 aromatic heterocycles. The van der Waals surface area contributed by atoms with E-state index in [1.165, 1.54) is 19.3 Å². The van der Waals surface area contributed by atoms with Crippen LogP contribution < -0.4 is 20.3 Å². The van der Waals surface area contributed by atoms with Gasteiger partial charge in [0.1, 0.15) is 12.4 Å². The molecule has 160 valence electrons. The molecule has 0 radical (unpaired) electrons. The summed E-state index contributed by atoms with van der Waals surface area (Å²) in [5.74, 6) is 0.403. The highest BCUT2D eigenvalue weighted by Gasteiger charge is 2.23. The molecule has 0 atom stereocenters. The molecule has 2 N–H and O–H groups in total. The van der Waals surface area contributed by atoms with E-state index in [1.54, 1.807) is 18.3 Å². The van der Waals surface area contributed by atoms with Crippen molar-refractivity contribution in [1.29, 1.82) is 0 Å². The summed E-state index contributed by atoms with van der Waals surface area (Å²) < 4.78 is 20.5. The standard InChI is InChI=1S/C21H22FN7O2/c1-14(30)26-16-5-4-6-17(19(16)22)27-20-24-13-25-21(28-20)29-11-8-15(9-12-29)31-18-7-2-3-10-23-18/h2-7,10,13,15H,8-9,11-12H2,1H3,(H,26,30)(H,24,25,27,28).